The maximum absolute atomic E-state index is 13.1. The lowest BCUT2D eigenvalue weighted by molar-refractivity contribution is 0.628. The highest BCUT2D eigenvalue weighted by Gasteiger charge is 2.10. The molecule has 4 heteroatoms. The normalized spacial score (nSPS) is 10.9. The van der Waals surface area contributed by atoms with E-state index in [0.717, 1.165) is 27.6 Å². The predicted molar refractivity (Wildman–Crippen MR) is 84.4 cm³/mol. The lowest BCUT2D eigenvalue weighted by atomic mass is 10.0. The standard InChI is InChI=1S/C17H16FN3/c1-10-3-4-13-9-15(12-5-7-14(18)8-6-12)17(21-19)20-16(13)11(10)2/h3-9H,19H2,1-2H3,(H,20,21). The summed E-state index contributed by atoms with van der Waals surface area (Å²) in [5.74, 6) is 5.93. The van der Waals surface area contributed by atoms with Crippen LogP contribution >= 0.6 is 0 Å². The van der Waals surface area contributed by atoms with Crippen LogP contribution in [0.25, 0.3) is 22.0 Å². The summed E-state index contributed by atoms with van der Waals surface area (Å²) >= 11 is 0. The van der Waals surface area contributed by atoms with Crippen molar-refractivity contribution >= 4 is 16.7 Å². The number of pyridine rings is 1. The topological polar surface area (TPSA) is 50.9 Å². The van der Waals surface area contributed by atoms with Crippen molar-refractivity contribution in [2.45, 2.75) is 13.8 Å². The molecular formula is C17H16FN3. The second-order valence-corrected chi connectivity index (χ2v) is 5.11. The fourth-order valence-corrected chi connectivity index (χ4v) is 2.44. The van der Waals surface area contributed by atoms with E-state index in [2.05, 4.69) is 23.4 Å². The average molecular weight is 281 g/mol. The summed E-state index contributed by atoms with van der Waals surface area (Å²) in [6.45, 7) is 4.10. The summed E-state index contributed by atoms with van der Waals surface area (Å²) < 4.78 is 13.1. The molecule has 0 saturated heterocycles. The first kappa shape index (κ1) is 13.5. The van der Waals surface area contributed by atoms with Gasteiger partial charge in [0.25, 0.3) is 0 Å². The molecule has 0 aliphatic heterocycles. The highest BCUT2D eigenvalue weighted by atomic mass is 19.1. The lowest BCUT2D eigenvalue weighted by Crippen LogP contribution is -2.10. The third-order valence-corrected chi connectivity index (χ3v) is 3.80. The van der Waals surface area contributed by atoms with E-state index in [9.17, 15) is 4.39 Å². The number of benzene rings is 2. The Morgan fingerprint density at radius 2 is 1.76 bits per heavy atom. The molecule has 0 fully saturated rings. The van der Waals surface area contributed by atoms with Gasteiger partial charge in [-0.25, -0.2) is 15.2 Å². The maximum atomic E-state index is 13.1. The number of nitrogens with one attached hydrogen (secondary N) is 1. The number of aryl methyl sites for hydroxylation is 2. The van der Waals surface area contributed by atoms with Crippen molar-refractivity contribution in [3.8, 4) is 11.1 Å². The van der Waals surface area contributed by atoms with E-state index in [1.807, 2.05) is 19.1 Å². The first-order valence-corrected chi connectivity index (χ1v) is 6.73. The van der Waals surface area contributed by atoms with E-state index in [4.69, 9.17) is 5.84 Å². The number of nitrogen functional groups attached to an aromatic ring is 1. The molecule has 1 aromatic heterocycles. The molecule has 0 unspecified atom stereocenters. The Morgan fingerprint density at radius 3 is 2.43 bits per heavy atom. The fourth-order valence-electron chi connectivity index (χ4n) is 2.44. The zero-order valence-electron chi connectivity index (χ0n) is 11.9. The minimum Gasteiger partial charge on any atom is -0.308 e. The van der Waals surface area contributed by atoms with Gasteiger partial charge in [0.15, 0.2) is 0 Å². The number of nitrogens with zero attached hydrogens (tertiary/aromatic N) is 1. The van der Waals surface area contributed by atoms with Crippen LogP contribution in [0.2, 0.25) is 0 Å². The number of aromatic nitrogens is 1. The van der Waals surface area contributed by atoms with Crippen LogP contribution in [0.15, 0.2) is 42.5 Å². The Kier molecular flexibility index (Phi) is 3.31. The van der Waals surface area contributed by atoms with Crippen LogP contribution in [0, 0.1) is 19.7 Å². The van der Waals surface area contributed by atoms with Gasteiger partial charge in [0.1, 0.15) is 11.6 Å². The molecule has 0 saturated carbocycles. The van der Waals surface area contributed by atoms with Gasteiger partial charge in [-0.1, -0.05) is 24.3 Å². The smallest absolute Gasteiger partial charge is 0.148 e. The van der Waals surface area contributed by atoms with Crippen molar-refractivity contribution in [3.63, 3.8) is 0 Å². The second kappa shape index (κ2) is 5.14. The molecule has 1 heterocycles. The molecule has 3 aromatic rings. The maximum Gasteiger partial charge on any atom is 0.148 e. The summed E-state index contributed by atoms with van der Waals surface area (Å²) in [7, 11) is 0. The summed E-state index contributed by atoms with van der Waals surface area (Å²) in [4.78, 5) is 4.62. The number of fused-ring (bicyclic) bond motifs is 1. The van der Waals surface area contributed by atoms with Crippen molar-refractivity contribution in [3.05, 3.63) is 59.4 Å². The van der Waals surface area contributed by atoms with Crippen LogP contribution in [-0.2, 0) is 0 Å². The van der Waals surface area contributed by atoms with Crippen molar-refractivity contribution in [1.82, 2.24) is 4.98 Å². The Hall–Kier alpha value is -2.46. The van der Waals surface area contributed by atoms with Gasteiger partial charge in [-0.15, -0.1) is 0 Å². The number of hydrazine groups is 1. The van der Waals surface area contributed by atoms with Gasteiger partial charge in [0, 0.05) is 10.9 Å². The van der Waals surface area contributed by atoms with Crippen LogP contribution in [0.3, 0.4) is 0 Å². The van der Waals surface area contributed by atoms with Gasteiger partial charge in [-0.05, 0) is 48.7 Å². The van der Waals surface area contributed by atoms with Crippen molar-refractivity contribution in [2.75, 3.05) is 5.43 Å². The molecule has 0 aliphatic rings. The first-order valence-electron chi connectivity index (χ1n) is 6.73. The van der Waals surface area contributed by atoms with Crippen LogP contribution < -0.4 is 11.3 Å². The average Bonchev–Trinajstić information content (AvgIpc) is 2.51. The third kappa shape index (κ3) is 2.34. The largest absolute Gasteiger partial charge is 0.308 e. The highest BCUT2D eigenvalue weighted by molar-refractivity contribution is 5.91. The molecule has 106 valence electrons. The van der Waals surface area contributed by atoms with Gasteiger partial charge in [-0.3, -0.25) is 0 Å². The van der Waals surface area contributed by atoms with Gasteiger partial charge >= 0.3 is 0 Å². The van der Waals surface area contributed by atoms with Gasteiger partial charge in [0.05, 0.1) is 5.52 Å². The van der Waals surface area contributed by atoms with E-state index in [0.29, 0.717) is 5.82 Å². The predicted octanol–water partition coefficient (Wildman–Crippen LogP) is 3.94. The summed E-state index contributed by atoms with van der Waals surface area (Å²) in [5, 5.41) is 1.04. The molecule has 0 radical (unpaired) electrons. The van der Waals surface area contributed by atoms with E-state index in [1.165, 1.54) is 17.7 Å². The zero-order valence-corrected chi connectivity index (χ0v) is 11.9. The number of halogens is 1. The van der Waals surface area contributed by atoms with Crippen LogP contribution in [-0.4, -0.2) is 4.98 Å². The van der Waals surface area contributed by atoms with Crippen molar-refractivity contribution in [1.29, 1.82) is 0 Å². The van der Waals surface area contributed by atoms with Crippen LogP contribution in [0.4, 0.5) is 10.2 Å². The molecule has 0 amide bonds. The molecule has 21 heavy (non-hydrogen) atoms. The number of hydrogen-bond donors (Lipinski definition) is 2. The molecule has 0 aliphatic carbocycles. The Balaban J connectivity index is 2.27. The van der Waals surface area contributed by atoms with Crippen LogP contribution in [0.5, 0.6) is 0 Å². The number of rotatable bonds is 2. The Bertz CT molecular complexity index is 810. The molecule has 3 N–H and O–H groups in total. The highest BCUT2D eigenvalue weighted by Crippen LogP contribution is 2.31. The second-order valence-electron chi connectivity index (χ2n) is 5.11. The third-order valence-electron chi connectivity index (χ3n) is 3.80. The fraction of sp³-hybridized carbons (Fsp3) is 0.118. The minimum absolute atomic E-state index is 0.263. The molecule has 0 atom stereocenters. The lowest BCUT2D eigenvalue weighted by Gasteiger charge is -2.12. The monoisotopic (exact) mass is 281 g/mol. The van der Waals surface area contributed by atoms with Crippen molar-refractivity contribution in [2.24, 2.45) is 5.84 Å². The van der Waals surface area contributed by atoms with E-state index in [1.54, 1.807) is 12.1 Å². The summed E-state index contributed by atoms with van der Waals surface area (Å²) in [5.41, 5.74) is 7.62. The summed E-state index contributed by atoms with van der Waals surface area (Å²) in [6.07, 6.45) is 0. The van der Waals surface area contributed by atoms with E-state index < -0.39 is 0 Å². The molecule has 2 aromatic carbocycles. The quantitative estimate of drug-likeness (QED) is 0.552. The van der Waals surface area contributed by atoms with Crippen molar-refractivity contribution < 1.29 is 4.39 Å². The SMILES string of the molecule is Cc1ccc2cc(-c3ccc(F)cc3)c(NN)nc2c1C. The first-order chi connectivity index (χ1) is 10.1. The summed E-state index contributed by atoms with van der Waals surface area (Å²) in [6, 6.07) is 12.4. The Labute approximate surface area is 122 Å². The molecular weight excluding hydrogens is 265 g/mol. The van der Waals surface area contributed by atoms with E-state index >= 15 is 0 Å². The molecule has 3 nitrogen and oxygen atoms in total. The minimum atomic E-state index is -0.263. The van der Waals surface area contributed by atoms with E-state index in [-0.39, 0.29) is 5.82 Å². The number of hydrogen-bond acceptors (Lipinski definition) is 3. The van der Waals surface area contributed by atoms with Crippen LogP contribution in [0.1, 0.15) is 11.1 Å². The molecule has 0 spiro atoms. The van der Waals surface area contributed by atoms with Gasteiger partial charge in [0.2, 0.25) is 0 Å². The number of anilines is 1. The van der Waals surface area contributed by atoms with Gasteiger partial charge < -0.3 is 5.43 Å². The zero-order chi connectivity index (χ0) is 15.0. The molecule has 0 bridgehead atoms. The molecule has 3 rings (SSSR count). The Morgan fingerprint density at radius 1 is 1.05 bits per heavy atom. The van der Waals surface area contributed by atoms with Gasteiger partial charge in [-0.2, -0.15) is 0 Å². The number of nitrogens with two attached hydrogens (primary N) is 1.